The summed E-state index contributed by atoms with van der Waals surface area (Å²) in [6.07, 6.45) is -2.04. The number of alkyl halides is 3. The minimum atomic E-state index is -4.40. The summed E-state index contributed by atoms with van der Waals surface area (Å²) in [5.74, 6) is 1.18. The molecule has 0 atom stereocenters. The fraction of sp³-hybridized carbons (Fsp3) is 0.316. The van der Waals surface area contributed by atoms with Gasteiger partial charge in [-0.15, -0.1) is 0 Å². The first kappa shape index (κ1) is 21.1. The van der Waals surface area contributed by atoms with E-state index in [9.17, 15) is 13.2 Å². The van der Waals surface area contributed by atoms with Crippen molar-refractivity contribution in [3.05, 3.63) is 52.0 Å². The number of rotatable bonds is 8. The van der Waals surface area contributed by atoms with Crippen molar-refractivity contribution in [3.63, 3.8) is 0 Å². The molecule has 0 radical (unpaired) electrons. The smallest absolute Gasteiger partial charge is 0.416 e. The van der Waals surface area contributed by atoms with Crippen LogP contribution in [-0.4, -0.2) is 19.4 Å². The van der Waals surface area contributed by atoms with Gasteiger partial charge in [0.05, 0.1) is 35.2 Å². The van der Waals surface area contributed by atoms with Gasteiger partial charge in [-0.3, -0.25) is 5.43 Å². The van der Waals surface area contributed by atoms with Crippen LogP contribution in [0.15, 0.2) is 46.0 Å². The molecule has 0 bridgehead atoms. The number of hydrazone groups is 1. The summed E-state index contributed by atoms with van der Waals surface area (Å²) in [4.78, 5) is 0. The number of nitrogens with zero attached hydrogens (tertiary/aromatic N) is 1. The molecule has 146 valence electrons. The molecule has 0 saturated carbocycles. The first-order valence-corrected chi connectivity index (χ1v) is 9.20. The lowest BCUT2D eigenvalue weighted by molar-refractivity contribution is -0.137. The average molecular weight is 445 g/mol. The third-order valence-electron chi connectivity index (χ3n) is 3.38. The molecule has 8 heteroatoms. The Labute approximate surface area is 164 Å². The zero-order valence-corrected chi connectivity index (χ0v) is 16.5. The number of ether oxygens (including phenoxy) is 2. The molecule has 0 aliphatic rings. The van der Waals surface area contributed by atoms with Crippen LogP contribution in [0.3, 0.4) is 0 Å². The molecule has 0 aromatic heterocycles. The van der Waals surface area contributed by atoms with Gasteiger partial charge in [-0.05, 0) is 65.2 Å². The third kappa shape index (κ3) is 6.16. The molecule has 0 fully saturated rings. The fourth-order valence-corrected chi connectivity index (χ4v) is 2.79. The first-order chi connectivity index (χ1) is 12.8. The lowest BCUT2D eigenvalue weighted by Gasteiger charge is -2.14. The maximum atomic E-state index is 12.7. The number of halogens is 4. The molecule has 2 rings (SSSR count). The summed E-state index contributed by atoms with van der Waals surface area (Å²) in [6.45, 7) is 4.91. The van der Waals surface area contributed by atoms with E-state index in [0.29, 0.717) is 34.7 Å². The Balaban J connectivity index is 2.17. The number of nitrogens with one attached hydrogen (secondary N) is 1. The van der Waals surface area contributed by atoms with Crippen LogP contribution in [0.25, 0.3) is 0 Å². The van der Waals surface area contributed by atoms with Crippen molar-refractivity contribution in [3.8, 4) is 11.5 Å². The standard InChI is InChI=1S/C19H20BrF3N2O2/c1-3-8-27-18-16(20)9-13(10-17(18)26-4-2)12-24-25-15-7-5-6-14(11-15)19(21,22)23/h5-7,9-12,25H,3-4,8H2,1-2H3. The molecular formula is C19H20BrF3N2O2. The van der Waals surface area contributed by atoms with E-state index < -0.39 is 11.7 Å². The minimum absolute atomic E-state index is 0.244. The Bertz CT molecular complexity index is 795. The van der Waals surface area contributed by atoms with Gasteiger partial charge in [0.1, 0.15) is 0 Å². The van der Waals surface area contributed by atoms with Crippen molar-refractivity contribution in [1.82, 2.24) is 0 Å². The molecule has 1 N–H and O–H groups in total. The molecule has 0 unspecified atom stereocenters. The van der Waals surface area contributed by atoms with E-state index in [-0.39, 0.29) is 5.69 Å². The Kier molecular flexibility index (Phi) is 7.53. The van der Waals surface area contributed by atoms with Gasteiger partial charge in [-0.25, -0.2) is 0 Å². The number of hydrogen-bond donors (Lipinski definition) is 1. The van der Waals surface area contributed by atoms with Crippen LogP contribution in [0, 0.1) is 0 Å². The summed E-state index contributed by atoms with van der Waals surface area (Å²) in [6, 6.07) is 8.40. The Hall–Kier alpha value is -2.22. The number of anilines is 1. The molecule has 2 aromatic carbocycles. The van der Waals surface area contributed by atoms with E-state index >= 15 is 0 Å². The number of hydrogen-bond acceptors (Lipinski definition) is 4. The zero-order chi connectivity index (χ0) is 19.9. The second-order valence-electron chi connectivity index (χ2n) is 5.56. The quantitative estimate of drug-likeness (QED) is 0.394. The Morgan fingerprint density at radius 2 is 1.93 bits per heavy atom. The molecule has 0 aliphatic carbocycles. The van der Waals surface area contributed by atoms with Gasteiger partial charge in [-0.1, -0.05) is 13.0 Å². The highest BCUT2D eigenvalue weighted by Crippen LogP contribution is 2.36. The van der Waals surface area contributed by atoms with Crippen LogP contribution >= 0.6 is 15.9 Å². The van der Waals surface area contributed by atoms with Crippen LogP contribution in [-0.2, 0) is 6.18 Å². The van der Waals surface area contributed by atoms with Crippen LogP contribution in [0.1, 0.15) is 31.4 Å². The normalized spacial score (nSPS) is 11.6. The van der Waals surface area contributed by atoms with E-state index in [1.54, 1.807) is 12.1 Å². The molecule has 0 spiro atoms. The molecule has 2 aromatic rings. The van der Waals surface area contributed by atoms with Gasteiger partial charge < -0.3 is 9.47 Å². The van der Waals surface area contributed by atoms with E-state index in [0.717, 1.165) is 18.6 Å². The fourth-order valence-electron chi connectivity index (χ4n) is 2.22. The monoisotopic (exact) mass is 444 g/mol. The summed E-state index contributed by atoms with van der Waals surface area (Å²) in [5, 5.41) is 4.01. The average Bonchev–Trinajstić information content (AvgIpc) is 2.61. The van der Waals surface area contributed by atoms with E-state index in [2.05, 4.69) is 26.5 Å². The largest absolute Gasteiger partial charge is 0.490 e. The molecule has 0 amide bonds. The lowest BCUT2D eigenvalue weighted by atomic mass is 10.2. The van der Waals surface area contributed by atoms with Crippen LogP contribution in [0.4, 0.5) is 18.9 Å². The lowest BCUT2D eigenvalue weighted by Crippen LogP contribution is -2.05. The molecular weight excluding hydrogens is 425 g/mol. The van der Waals surface area contributed by atoms with Crippen molar-refractivity contribution in [2.24, 2.45) is 5.10 Å². The van der Waals surface area contributed by atoms with Gasteiger partial charge in [-0.2, -0.15) is 18.3 Å². The maximum Gasteiger partial charge on any atom is 0.416 e. The van der Waals surface area contributed by atoms with Crippen molar-refractivity contribution in [2.45, 2.75) is 26.4 Å². The van der Waals surface area contributed by atoms with E-state index in [1.807, 2.05) is 13.8 Å². The van der Waals surface area contributed by atoms with Gasteiger partial charge in [0.15, 0.2) is 11.5 Å². The van der Waals surface area contributed by atoms with Crippen LogP contribution in [0.5, 0.6) is 11.5 Å². The SMILES string of the molecule is CCCOc1c(Br)cc(C=NNc2cccc(C(F)(F)F)c2)cc1OCC. The molecule has 4 nitrogen and oxygen atoms in total. The van der Waals surface area contributed by atoms with Gasteiger partial charge in [0, 0.05) is 0 Å². The summed E-state index contributed by atoms with van der Waals surface area (Å²) in [7, 11) is 0. The predicted molar refractivity (Wildman–Crippen MR) is 104 cm³/mol. The molecule has 27 heavy (non-hydrogen) atoms. The zero-order valence-electron chi connectivity index (χ0n) is 14.9. The minimum Gasteiger partial charge on any atom is -0.490 e. The topological polar surface area (TPSA) is 42.8 Å². The first-order valence-electron chi connectivity index (χ1n) is 8.40. The van der Waals surface area contributed by atoms with Gasteiger partial charge >= 0.3 is 6.18 Å². The van der Waals surface area contributed by atoms with Crippen molar-refractivity contribution < 1.29 is 22.6 Å². The summed E-state index contributed by atoms with van der Waals surface area (Å²) < 4.78 is 50.3. The number of benzene rings is 2. The summed E-state index contributed by atoms with van der Waals surface area (Å²) >= 11 is 3.45. The molecule has 0 saturated heterocycles. The third-order valence-corrected chi connectivity index (χ3v) is 3.97. The van der Waals surface area contributed by atoms with Crippen LogP contribution < -0.4 is 14.9 Å². The molecule has 0 aliphatic heterocycles. The second-order valence-corrected chi connectivity index (χ2v) is 6.41. The highest BCUT2D eigenvalue weighted by Gasteiger charge is 2.30. The van der Waals surface area contributed by atoms with Crippen molar-refractivity contribution in [1.29, 1.82) is 0 Å². The van der Waals surface area contributed by atoms with E-state index in [1.165, 1.54) is 18.3 Å². The highest BCUT2D eigenvalue weighted by atomic mass is 79.9. The van der Waals surface area contributed by atoms with Crippen molar-refractivity contribution in [2.75, 3.05) is 18.6 Å². The Morgan fingerprint density at radius 3 is 2.59 bits per heavy atom. The Morgan fingerprint density at radius 1 is 1.15 bits per heavy atom. The maximum absolute atomic E-state index is 12.7. The van der Waals surface area contributed by atoms with Crippen LogP contribution in [0.2, 0.25) is 0 Å². The van der Waals surface area contributed by atoms with Gasteiger partial charge in [0.2, 0.25) is 0 Å². The van der Waals surface area contributed by atoms with Gasteiger partial charge in [0.25, 0.3) is 0 Å². The van der Waals surface area contributed by atoms with Crippen molar-refractivity contribution >= 4 is 27.8 Å². The highest BCUT2D eigenvalue weighted by molar-refractivity contribution is 9.10. The van der Waals surface area contributed by atoms with E-state index in [4.69, 9.17) is 9.47 Å². The molecule has 0 heterocycles. The second kappa shape index (κ2) is 9.64. The predicted octanol–water partition coefficient (Wildman–Crippen LogP) is 6.10. The summed E-state index contributed by atoms with van der Waals surface area (Å²) in [5.41, 5.74) is 2.82.